The summed E-state index contributed by atoms with van der Waals surface area (Å²) in [7, 11) is 0. The molecule has 0 bridgehead atoms. The second-order valence-electron chi connectivity index (χ2n) is 2.36. The van der Waals surface area contributed by atoms with E-state index in [0.717, 1.165) is 0 Å². The number of anilines is 1. The highest BCUT2D eigenvalue weighted by atomic mass is 15.3. The molecule has 0 spiro atoms. The molecule has 1 aromatic heterocycles. The van der Waals surface area contributed by atoms with E-state index >= 15 is 0 Å². The number of nitrogens with zero attached hydrogens (tertiary/aromatic N) is 2. The van der Waals surface area contributed by atoms with Crippen molar-refractivity contribution in [1.29, 1.82) is 5.41 Å². The van der Waals surface area contributed by atoms with Gasteiger partial charge in [0.2, 0.25) is 0 Å². The molecule has 0 aliphatic rings. The summed E-state index contributed by atoms with van der Waals surface area (Å²) in [6.45, 7) is 1.64. The summed E-state index contributed by atoms with van der Waals surface area (Å²) in [4.78, 5) is 0. The largest absolute Gasteiger partial charge is 0.403 e. The number of nitrogen functional groups attached to an aromatic ring is 1. The lowest BCUT2D eigenvalue weighted by Crippen LogP contribution is -2.07. The van der Waals surface area contributed by atoms with Crippen molar-refractivity contribution in [3.63, 3.8) is 0 Å². The molecule has 0 radical (unpaired) electrons. The number of aromatic nitrogens is 2. The summed E-state index contributed by atoms with van der Waals surface area (Å²) in [6, 6.07) is 1.65. The minimum atomic E-state index is 0.348. The molecule has 0 aliphatic heterocycles. The lowest BCUT2D eigenvalue weighted by Gasteiger charge is -2.02. The Bertz CT molecular complexity index is 322. The molecular weight excluding hydrogens is 154 g/mol. The minimum Gasteiger partial charge on any atom is -0.403 e. The molecule has 1 heterocycles. The van der Waals surface area contributed by atoms with E-state index < -0.39 is 0 Å². The molecule has 1 rings (SSSR count). The van der Waals surface area contributed by atoms with Crippen LogP contribution in [0.2, 0.25) is 0 Å². The van der Waals surface area contributed by atoms with Crippen LogP contribution in [0.1, 0.15) is 6.92 Å². The van der Waals surface area contributed by atoms with Crippen molar-refractivity contribution in [1.82, 2.24) is 9.78 Å². The van der Waals surface area contributed by atoms with E-state index in [9.17, 15) is 0 Å². The van der Waals surface area contributed by atoms with Gasteiger partial charge in [-0.15, -0.1) is 0 Å². The van der Waals surface area contributed by atoms with Gasteiger partial charge in [0.25, 0.3) is 0 Å². The zero-order chi connectivity index (χ0) is 9.14. The van der Waals surface area contributed by atoms with Crippen LogP contribution < -0.4 is 11.5 Å². The molecule has 0 aromatic carbocycles. The molecule has 5 N–H and O–H groups in total. The van der Waals surface area contributed by atoms with Crippen molar-refractivity contribution in [3.8, 4) is 0 Å². The maximum Gasteiger partial charge on any atom is 0.145 e. The van der Waals surface area contributed by atoms with E-state index in [1.807, 2.05) is 0 Å². The van der Waals surface area contributed by atoms with Gasteiger partial charge in [-0.05, 0) is 6.92 Å². The fraction of sp³-hybridized carbons (Fsp3) is 0.143. The number of rotatable bonds is 2. The third-order valence-corrected chi connectivity index (χ3v) is 1.40. The second-order valence-corrected chi connectivity index (χ2v) is 2.36. The van der Waals surface area contributed by atoms with Gasteiger partial charge in [-0.3, -0.25) is 0 Å². The Hall–Kier alpha value is -1.78. The van der Waals surface area contributed by atoms with Crippen molar-refractivity contribution < 1.29 is 0 Å². The van der Waals surface area contributed by atoms with Crippen LogP contribution >= 0.6 is 0 Å². The number of hydrogen-bond donors (Lipinski definition) is 3. The van der Waals surface area contributed by atoms with Crippen molar-refractivity contribution >= 4 is 17.2 Å². The standard InChI is InChI=1S/C7H11N5/c1-5(9)6(4-8)12-3-2-7(10)11-12/h2-4,9H,8H2,1H3,(H2,10,11)/b6-4+,9-5?. The first-order chi connectivity index (χ1) is 5.65. The Morgan fingerprint density at radius 1 is 1.75 bits per heavy atom. The van der Waals surface area contributed by atoms with Crippen LogP contribution in [-0.2, 0) is 0 Å². The summed E-state index contributed by atoms with van der Waals surface area (Å²) >= 11 is 0. The van der Waals surface area contributed by atoms with Gasteiger partial charge in [-0.2, -0.15) is 5.10 Å². The summed E-state index contributed by atoms with van der Waals surface area (Å²) in [5.41, 5.74) is 11.6. The van der Waals surface area contributed by atoms with Gasteiger partial charge in [0, 0.05) is 18.5 Å². The molecule has 0 saturated carbocycles. The Morgan fingerprint density at radius 3 is 2.75 bits per heavy atom. The van der Waals surface area contributed by atoms with Gasteiger partial charge in [-0.25, -0.2) is 4.68 Å². The first-order valence-corrected chi connectivity index (χ1v) is 3.44. The summed E-state index contributed by atoms with van der Waals surface area (Å²) in [5.74, 6) is 0.413. The normalized spacial score (nSPS) is 11.6. The Balaban J connectivity index is 3.04. The number of nitrogens with two attached hydrogens (primary N) is 2. The van der Waals surface area contributed by atoms with Crippen molar-refractivity contribution in [3.05, 3.63) is 18.5 Å². The highest BCUT2D eigenvalue weighted by Crippen LogP contribution is 2.05. The average molecular weight is 165 g/mol. The fourth-order valence-corrected chi connectivity index (χ4v) is 0.845. The summed E-state index contributed by atoms with van der Waals surface area (Å²) in [6.07, 6.45) is 2.99. The number of nitrogens with one attached hydrogen (secondary N) is 1. The summed E-state index contributed by atoms with van der Waals surface area (Å²) in [5, 5.41) is 11.3. The monoisotopic (exact) mass is 165 g/mol. The van der Waals surface area contributed by atoms with Crippen LogP contribution in [0.3, 0.4) is 0 Å². The van der Waals surface area contributed by atoms with Gasteiger partial charge in [0.15, 0.2) is 0 Å². The Labute approximate surface area is 70.2 Å². The van der Waals surface area contributed by atoms with Crippen LogP contribution in [0.25, 0.3) is 5.70 Å². The van der Waals surface area contributed by atoms with Crippen LogP contribution in [0.4, 0.5) is 5.82 Å². The maximum absolute atomic E-state index is 7.35. The first-order valence-electron chi connectivity index (χ1n) is 3.44. The molecule has 0 aliphatic carbocycles. The number of allylic oxidation sites excluding steroid dienone is 1. The maximum atomic E-state index is 7.35. The molecule has 0 fully saturated rings. The van der Waals surface area contributed by atoms with E-state index in [0.29, 0.717) is 17.2 Å². The Kier molecular flexibility index (Phi) is 2.14. The lowest BCUT2D eigenvalue weighted by atomic mass is 10.3. The fourth-order valence-electron chi connectivity index (χ4n) is 0.845. The molecule has 5 nitrogen and oxygen atoms in total. The van der Waals surface area contributed by atoms with Gasteiger partial charge in [-0.1, -0.05) is 0 Å². The molecule has 5 heteroatoms. The predicted molar refractivity (Wildman–Crippen MR) is 48.5 cm³/mol. The molecule has 12 heavy (non-hydrogen) atoms. The van der Waals surface area contributed by atoms with Crippen LogP contribution in [-0.4, -0.2) is 15.5 Å². The molecule has 0 amide bonds. The van der Waals surface area contributed by atoms with E-state index in [1.165, 1.54) is 10.9 Å². The summed E-state index contributed by atoms with van der Waals surface area (Å²) < 4.78 is 1.47. The third-order valence-electron chi connectivity index (χ3n) is 1.40. The SMILES string of the molecule is CC(=N)/C(=C\N)n1ccc(N)n1. The molecule has 64 valence electrons. The number of hydrogen-bond acceptors (Lipinski definition) is 4. The van der Waals surface area contributed by atoms with Crippen molar-refractivity contribution in [2.45, 2.75) is 6.92 Å². The molecule has 0 saturated heterocycles. The van der Waals surface area contributed by atoms with Crippen LogP contribution in [0.15, 0.2) is 18.5 Å². The van der Waals surface area contributed by atoms with E-state index in [1.54, 1.807) is 19.2 Å². The van der Waals surface area contributed by atoms with Crippen LogP contribution in [0, 0.1) is 5.41 Å². The van der Waals surface area contributed by atoms with E-state index in [4.69, 9.17) is 16.9 Å². The smallest absolute Gasteiger partial charge is 0.145 e. The molecule has 0 unspecified atom stereocenters. The third kappa shape index (κ3) is 1.45. The average Bonchev–Trinajstić information content (AvgIpc) is 2.37. The highest BCUT2D eigenvalue weighted by Gasteiger charge is 2.02. The molecule has 1 aromatic rings. The quantitative estimate of drug-likeness (QED) is 0.549. The predicted octanol–water partition coefficient (Wildman–Crippen LogP) is 0.262. The van der Waals surface area contributed by atoms with Gasteiger partial charge in [0.05, 0.1) is 5.71 Å². The highest BCUT2D eigenvalue weighted by molar-refractivity contribution is 6.14. The van der Waals surface area contributed by atoms with Gasteiger partial charge >= 0.3 is 0 Å². The van der Waals surface area contributed by atoms with Crippen LogP contribution in [0.5, 0.6) is 0 Å². The van der Waals surface area contributed by atoms with Crippen molar-refractivity contribution in [2.75, 3.05) is 5.73 Å². The van der Waals surface area contributed by atoms with Gasteiger partial charge < -0.3 is 16.9 Å². The second kappa shape index (κ2) is 3.08. The van der Waals surface area contributed by atoms with Crippen molar-refractivity contribution in [2.24, 2.45) is 5.73 Å². The van der Waals surface area contributed by atoms with E-state index in [2.05, 4.69) is 5.10 Å². The minimum absolute atomic E-state index is 0.348. The first kappa shape index (κ1) is 8.32. The zero-order valence-corrected chi connectivity index (χ0v) is 6.78. The molecule has 0 atom stereocenters. The van der Waals surface area contributed by atoms with E-state index in [-0.39, 0.29) is 0 Å². The Morgan fingerprint density at radius 2 is 2.42 bits per heavy atom. The van der Waals surface area contributed by atoms with Gasteiger partial charge in [0.1, 0.15) is 11.5 Å². The zero-order valence-electron chi connectivity index (χ0n) is 6.78. The topological polar surface area (TPSA) is 93.7 Å². The molecular formula is C7H11N5. The lowest BCUT2D eigenvalue weighted by molar-refractivity contribution is 0.918.